The van der Waals surface area contributed by atoms with Gasteiger partial charge in [-0.05, 0) is 38.8 Å². The van der Waals surface area contributed by atoms with Crippen molar-refractivity contribution in [1.82, 2.24) is 10.3 Å². The first-order valence-electron chi connectivity index (χ1n) is 5.91. The molecular weight excluding hydrogens is 200 g/mol. The van der Waals surface area contributed by atoms with E-state index in [1.165, 1.54) is 0 Å². The van der Waals surface area contributed by atoms with Gasteiger partial charge in [-0.15, -0.1) is 0 Å². The van der Waals surface area contributed by atoms with Gasteiger partial charge in [-0.1, -0.05) is 13.8 Å². The predicted octanol–water partition coefficient (Wildman–Crippen LogP) is 2.76. The number of nitrogens with one attached hydrogen (secondary N) is 1. The second kappa shape index (κ2) is 5.30. The average Bonchev–Trinajstić information content (AvgIpc) is 2.30. The fourth-order valence-electron chi connectivity index (χ4n) is 1.53. The molecule has 1 heterocycles. The van der Waals surface area contributed by atoms with Crippen LogP contribution in [0.25, 0.3) is 0 Å². The van der Waals surface area contributed by atoms with Crippen LogP contribution >= 0.6 is 0 Å². The van der Waals surface area contributed by atoms with Crippen LogP contribution in [0.5, 0.6) is 5.75 Å². The fraction of sp³-hybridized carbons (Fsp3) is 0.615. The SMILES string of the molecule is CCC(C)(CC)NCc1nc(C)ccc1O. The Morgan fingerprint density at radius 1 is 1.31 bits per heavy atom. The molecule has 1 aromatic heterocycles. The van der Waals surface area contributed by atoms with Crippen molar-refractivity contribution in [3.63, 3.8) is 0 Å². The lowest BCUT2D eigenvalue weighted by Crippen LogP contribution is -2.40. The largest absolute Gasteiger partial charge is 0.506 e. The van der Waals surface area contributed by atoms with Crippen molar-refractivity contribution in [2.45, 2.75) is 52.6 Å². The number of hydrogen-bond acceptors (Lipinski definition) is 3. The van der Waals surface area contributed by atoms with E-state index in [0.717, 1.165) is 24.2 Å². The molecule has 0 fully saturated rings. The summed E-state index contributed by atoms with van der Waals surface area (Å²) in [6.45, 7) is 9.08. The topological polar surface area (TPSA) is 45.2 Å². The van der Waals surface area contributed by atoms with Crippen molar-refractivity contribution in [3.05, 3.63) is 23.5 Å². The molecule has 0 aliphatic carbocycles. The lowest BCUT2D eigenvalue weighted by molar-refractivity contribution is 0.324. The van der Waals surface area contributed by atoms with Gasteiger partial charge in [0.1, 0.15) is 5.75 Å². The van der Waals surface area contributed by atoms with Gasteiger partial charge in [0.2, 0.25) is 0 Å². The third kappa shape index (κ3) is 3.20. The molecule has 1 aromatic rings. The Morgan fingerprint density at radius 2 is 1.94 bits per heavy atom. The number of nitrogens with zero attached hydrogens (tertiary/aromatic N) is 1. The molecule has 0 bridgehead atoms. The minimum Gasteiger partial charge on any atom is -0.506 e. The molecule has 0 unspecified atom stereocenters. The number of hydrogen-bond donors (Lipinski definition) is 2. The molecular formula is C13H22N2O. The first-order valence-corrected chi connectivity index (χ1v) is 5.91. The Hall–Kier alpha value is -1.09. The molecule has 0 aliphatic rings. The van der Waals surface area contributed by atoms with Gasteiger partial charge in [-0.2, -0.15) is 0 Å². The number of rotatable bonds is 5. The summed E-state index contributed by atoms with van der Waals surface area (Å²) in [6, 6.07) is 3.52. The Labute approximate surface area is 97.9 Å². The highest BCUT2D eigenvalue weighted by Crippen LogP contribution is 2.18. The summed E-state index contributed by atoms with van der Waals surface area (Å²) >= 11 is 0. The van der Waals surface area contributed by atoms with E-state index in [2.05, 4.69) is 31.1 Å². The van der Waals surface area contributed by atoms with E-state index >= 15 is 0 Å². The van der Waals surface area contributed by atoms with E-state index in [0.29, 0.717) is 6.54 Å². The number of aromatic nitrogens is 1. The Bertz CT molecular complexity index is 346. The van der Waals surface area contributed by atoms with Crippen LogP contribution in [-0.4, -0.2) is 15.6 Å². The lowest BCUT2D eigenvalue weighted by Gasteiger charge is -2.28. The van der Waals surface area contributed by atoms with Gasteiger partial charge in [0.25, 0.3) is 0 Å². The molecule has 0 radical (unpaired) electrons. The van der Waals surface area contributed by atoms with Gasteiger partial charge in [0.15, 0.2) is 0 Å². The van der Waals surface area contributed by atoms with E-state index in [-0.39, 0.29) is 11.3 Å². The molecule has 16 heavy (non-hydrogen) atoms. The molecule has 90 valence electrons. The van der Waals surface area contributed by atoms with Crippen molar-refractivity contribution in [2.24, 2.45) is 0 Å². The third-order valence-corrected chi connectivity index (χ3v) is 3.33. The quantitative estimate of drug-likeness (QED) is 0.805. The molecule has 0 saturated carbocycles. The Balaban J connectivity index is 2.70. The second-order valence-electron chi connectivity index (χ2n) is 4.54. The van der Waals surface area contributed by atoms with Crippen LogP contribution < -0.4 is 5.32 Å². The summed E-state index contributed by atoms with van der Waals surface area (Å²) < 4.78 is 0. The molecule has 0 aromatic carbocycles. The summed E-state index contributed by atoms with van der Waals surface area (Å²) in [5.74, 6) is 0.271. The van der Waals surface area contributed by atoms with E-state index in [1.807, 2.05) is 13.0 Å². The zero-order valence-electron chi connectivity index (χ0n) is 10.7. The van der Waals surface area contributed by atoms with Crippen LogP contribution in [0.3, 0.4) is 0 Å². The third-order valence-electron chi connectivity index (χ3n) is 3.33. The molecule has 3 heteroatoms. The normalized spacial score (nSPS) is 11.8. The zero-order valence-corrected chi connectivity index (χ0v) is 10.7. The molecule has 0 atom stereocenters. The van der Waals surface area contributed by atoms with Crippen LogP contribution in [0.1, 0.15) is 45.0 Å². The lowest BCUT2D eigenvalue weighted by atomic mass is 9.95. The van der Waals surface area contributed by atoms with Crippen molar-refractivity contribution < 1.29 is 5.11 Å². The first kappa shape index (κ1) is 13.0. The maximum atomic E-state index is 9.67. The predicted molar refractivity (Wildman–Crippen MR) is 66.5 cm³/mol. The second-order valence-corrected chi connectivity index (χ2v) is 4.54. The van der Waals surface area contributed by atoms with E-state index in [9.17, 15) is 5.11 Å². The summed E-state index contributed by atoms with van der Waals surface area (Å²) in [6.07, 6.45) is 2.13. The van der Waals surface area contributed by atoms with Gasteiger partial charge in [-0.3, -0.25) is 4.98 Å². The highest BCUT2D eigenvalue weighted by Gasteiger charge is 2.19. The number of pyridine rings is 1. The average molecular weight is 222 g/mol. The summed E-state index contributed by atoms with van der Waals surface area (Å²) in [5.41, 5.74) is 1.79. The molecule has 0 saturated heterocycles. The van der Waals surface area contributed by atoms with Crippen molar-refractivity contribution in [2.75, 3.05) is 0 Å². The van der Waals surface area contributed by atoms with Gasteiger partial charge in [0, 0.05) is 17.8 Å². The Kier molecular flexibility index (Phi) is 4.30. The maximum absolute atomic E-state index is 9.67. The minimum absolute atomic E-state index is 0.123. The standard InChI is InChI=1S/C13H22N2O/c1-5-13(4,6-2)14-9-11-12(16)8-7-10(3)15-11/h7-8,14,16H,5-6,9H2,1-4H3. The van der Waals surface area contributed by atoms with Gasteiger partial charge in [-0.25, -0.2) is 0 Å². The van der Waals surface area contributed by atoms with Gasteiger partial charge >= 0.3 is 0 Å². The Morgan fingerprint density at radius 3 is 2.50 bits per heavy atom. The van der Waals surface area contributed by atoms with E-state index in [4.69, 9.17) is 0 Å². The van der Waals surface area contributed by atoms with Crippen LogP contribution in [0.4, 0.5) is 0 Å². The highest BCUT2D eigenvalue weighted by atomic mass is 16.3. The summed E-state index contributed by atoms with van der Waals surface area (Å²) in [4.78, 5) is 4.33. The molecule has 0 spiro atoms. The van der Waals surface area contributed by atoms with Crippen molar-refractivity contribution in [1.29, 1.82) is 0 Å². The van der Waals surface area contributed by atoms with E-state index in [1.54, 1.807) is 6.07 Å². The number of aryl methyl sites for hydroxylation is 1. The zero-order chi connectivity index (χ0) is 12.2. The number of aromatic hydroxyl groups is 1. The monoisotopic (exact) mass is 222 g/mol. The van der Waals surface area contributed by atoms with Crippen LogP contribution in [-0.2, 0) is 6.54 Å². The fourth-order valence-corrected chi connectivity index (χ4v) is 1.53. The molecule has 0 aliphatic heterocycles. The summed E-state index contributed by atoms with van der Waals surface area (Å²) in [7, 11) is 0. The molecule has 2 N–H and O–H groups in total. The smallest absolute Gasteiger partial charge is 0.138 e. The maximum Gasteiger partial charge on any atom is 0.138 e. The van der Waals surface area contributed by atoms with Crippen LogP contribution in [0.15, 0.2) is 12.1 Å². The highest BCUT2D eigenvalue weighted by molar-refractivity contribution is 5.27. The summed E-state index contributed by atoms with van der Waals surface area (Å²) in [5, 5.41) is 13.1. The van der Waals surface area contributed by atoms with E-state index < -0.39 is 0 Å². The molecule has 3 nitrogen and oxygen atoms in total. The van der Waals surface area contributed by atoms with Gasteiger partial charge < -0.3 is 10.4 Å². The van der Waals surface area contributed by atoms with Crippen LogP contribution in [0, 0.1) is 6.92 Å². The van der Waals surface area contributed by atoms with Crippen LogP contribution in [0.2, 0.25) is 0 Å². The minimum atomic E-state index is 0.123. The first-order chi connectivity index (χ1) is 7.50. The van der Waals surface area contributed by atoms with Crippen molar-refractivity contribution in [3.8, 4) is 5.75 Å². The molecule has 0 amide bonds. The van der Waals surface area contributed by atoms with Gasteiger partial charge in [0.05, 0.1) is 5.69 Å². The molecule has 1 rings (SSSR count). The van der Waals surface area contributed by atoms with Crippen molar-refractivity contribution >= 4 is 0 Å².